The maximum atomic E-state index is 12.9. The summed E-state index contributed by atoms with van der Waals surface area (Å²) in [4.78, 5) is 26.4. The third-order valence-corrected chi connectivity index (χ3v) is 6.30. The summed E-state index contributed by atoms with van der Waals surface area (Å²) in [6, 6.07) is 15.4. The van der Waals surface area contributed by atoms with Crippen LogP contribution in [0.2, 0.25) is 10.0 Å². The van der Waals surface area contributed by atoms with Crippen molar-refractivity contribution in [1.82, 2.24) is 14.9 Å². The van der Waals surface area contributed by atoms with Gasteiger partial charge in [0.25, 0.3) is 5.91 Å². The van der Waals surface area contributed by atoms with Gasteiger partial charge in [0.05, 0.1) is 10.0 Å². The minimum absolute atomic E-state index is 0.0298. The second-order valence-electron chi connectivity index (χ2n) is 7.73. The van der Waals surface area contributed by atoms with Crippen molar-refractivity contribution in [2.45, 2.75) is 20.3 Å². The van der Waals surface area contributed by atoms with Gasteiger partial charge in [-0.05, 0) is 37.6 Å². The van der Waals surface area contributed by atoms with E-state index in [-0.39, 0.29) is 5.91 Å². The van der Waals surface area contributed by atoms with E-state index in [2.05, 4.69) is 22.0 Å². The van der Waals surface area contributed by atoms with Crippen LogP contribution in [0.25, 0.3) is 0 Å². The van der Waals surface area contributed by atoms with Gasteiger partial charge in [-0.2, -0.15) is 0 Å². The van der Waals surface area contributed by atoms with E-state index in [1.165, 1.54) is 5.56 Å². The number of carbonyl (C=O) groups excluding carboxylic acids is 1. The number of piperazine rings is 1. The summed E-state index contributed by atoms with van der Waals surface area (Å²) in [5.74, 6) is 1.70. The Morgan fingerprint density at radius 2 is 1.65 bits per heavy atom. The fourth-order valence-electron chi connectivity index (χ4n) is 3.92. The Labute approximate surface area is 192 Å². The SMILES string of the molecule is Cc1nc(C)c(Cc2ccccc2)c(N2CCN(C(=O)c3ccc(Cl)c(Cl)c3)CC2)n1. The molecule has 3 aromatic rings. The van der Waals surface area contributed by atoms with Crippen LogP contribution in [0.5, 0.6) is 0 Å². The molecular weight excluding hydrogens is 431 g/mol. The number of aromatic nitrogens is 2. The standard InChI is InChI=1S/C24H24Cl2N4O/c1-16-20(14-18-6-4-3-5-7-18)23(28-17(2)27-16)29-10-12-30(13-11-29)24(31)19-8-9-21(25)22(26)15-19/h3-9,15H,10-14H2,1-2H3. The van der Waals surface area contributed by atoms with Gasteiger partial charge in [0, 0.05) is 49.4 Å². The van der Waals surface area contributed by atoms with Gasteiger partial charge in [0.2, 0.25) is 0 Å². The number of hydrogen-bond donors (Lipinski definition) is 0. The first-order valence-corrected chi connectivity index (χ1v) is 11.1. The average Bonchev–Trinajstić information content (AvgIpc) is 2.77. The fourth-order valence-corrected chi connectivity index (χ4v) is 4.22. The molecule has 0 atom stereocenters. The van der Waals surface area contributed by atoms with Crippen molar-refractivity contribution in [1.29, 1.82) is 0 Å². The van der Waals surface area contributed by atoms with Gasteiger partial charge in [0.15, 0.2) is 0 Å². The van der Waals surface area contributed by atoms with E-state index in [1.54, 1.807) is 18.2 Å². The van der Waals surface area contributed by atoms with E-state index < -0.39 is 0 Å². The van der Waals surface area contributed by atoms with Gasteiger partial charge >= 0.3 is 0 Å². The van der Waals surface area contributed by atoms with Crippen LogP contribution in [0.4, 0.5) is 5.82 Å². The van der Waals surface area contributed by atoms with Crippen molar-refractivity contribution in [3.05, 3.63) is 86.8 Å². The fraction of sp³-hybridized carbons (Fsp3) is 0.292. The zero-order valence-corrected chi connectivity index (χ0v) is 19.1. The maximum Gasteiger partial charge on any atom is 0.254 e. The largest absolute Gasteiger partial charge is 0.353 e. The lowest BCUT2D eigenvalue weighted by molar-refractivity contribution is 0.0746. The van der Waals surface area contributed by atoms with Gasteiger partial charge in [-0.15, -0.1) is 0 Å². The van der Waals surface area contributed by atoms with Gasteiger partial charge in [-0.3, -0.25) is 4.79 Å². The molecule has 1 fully saturated rings. The maximum absolute atomic E-state index is 12.9. The summed E-state index contributed by atoms with van der Waals surface area (Å²) in [6.07, 6.45) is 0.782. The summed E-state index contributed by atoms with van der Waals surface area (Å²) in [5.41, 5.74) is 3.93. The third-order valence-electron chi connectivity index (χ3n) is 5.56. The Bertz CT molecular complexity index is 1100. The molecule has 1 aliphatic heterocycles. The smallest absolute Gasteiger partial charge is 0.254 e. The highest BCUT2D eigenvalue weighted by atomic mass is 35.5. The van der Waals surface area contributed by atoms with E-state index in [4.69, 9.17) is 28.2 Å². The Kier molecular flexibility index (Phi) is 6.44. The number of benzene rings is 2. The number of carbonyl (C=O) groups is 1. The zero-order valence-electron chi connectivity index (χ0n) is 17.6. The Morgan fingerprint density at radius 3 is 2.32 bits per heavy atom. The van der Waals surface area contributed by atoms with Gasteiger partial charge < -0.3 is 9.80 Å². The third kappa shape index (κ3) is 4.83. The molecule has 0 radical (unpaired) electrons. The molecule has 4 rings (SSSR count). The van der Waals surface area contributed by atoms with Crippen LogP contribution in [-0.2, 0) is 6.42 Å². The molecule has 1 aromatic heterocycles. The van der Waals surface area contributed by atoms with E-state index in [9.17, 15) is 4.79 Å². The van der Waals surface area contributed by atoms with Crippen molar-refractivity contribution < 1.29 is 4.79 Å². The molecular formula is C24H24Cl2N4O. The van der Waals surface area contributed by atoms with E-state index in [1.807, 2.05) is 36.9 Å². The number of amides is 1. The summed E-state index contributed by atoms with van der Waals surface area (Å²) >= 11 is 12.1. The second-order valence-corrected chi connectivity index (χ2v) is 8.54. The first kappa shape index (κ1) is 21.6. The molecule has 1 saturated heterocycles. The van der Waals surface area contributed by atoms with Gasteiger partial charge in [-0.25, -0.2) is 9.97 Å². The lowest BCUT2D eigenvalue weighted by atomic mass is 10.0. The van der Waals surface area contributed by atoms with Gasteiger partial charge in [-0.1, -0.05) is 53.5 Å². The molecule has 2 heterocycles. The van der Waals surface area contributed by atoms with Crippen LogP contribution in [0, 0.1) is 13.8 Å². The van der Waals surface area contributed by atoms with Gasteiger partial charge in [0.1, 0.15) is 11.6 Å². The molecule has 7 heteroatoms. The summed E-state index contributed by atoms with van der Waals surface area (Å²) in [6.45, 7) is 6.63. The highest BCUT2D eigenvalue weighted by molar-refractivity contribution is 6.42. The Balaban J connectivity index is 1.52. The summed E-state index contributed by atoms with van der Waals surface area (Å²) in [7, 11) is 0. The first-order chi connectivity index (χ1) is 14.9. The molecule has 0 bridgehead atoms. The van der Waals surface area contributed by atoms with Crippen molar-refractivity contribution >= 4 is 34.9 Å². The van der Waals surface area contributed by atoms with Crippen LogP contribution in [0.1, 0.15) is 33.0 Å². The highest BCUT2D eigenvalue weighted by Gasteiger charge is 2.25. The number of hydrogen-bond acceptors (Lipinski definition) is 4. The van der Waals surface area contributed by atoms with Crippen molar-refractivity contribution in [2.24, 2.45) is 0 Å². The molecule has 0 saturated carbocycles. The Hall–Kier alpha value is -2.63. The van der Waals surface area contributed by atoms with Crippen LogP contribution >= 0.6 is 23.2 Å². The van der Waals surface area contributed by atoms with Crippen LogP contribution in [0.3, 0.4) is 0 Å². The average molecular weight is 455 g/mol. The number of aryl methyl sites for hydroxylation is 2. The molecule has 160 valence electrons. The summed E-state index contributed by atoms with van der Waals surface area (Å²) in [5, 5.41) is 0.840. The second kappa shape index (κ2) is 9.25. The monoisotopic (exact) mass is 454 g/mol. The molecule has 1 amide bonds. The molecule has 0 unspecified atom stereocenters. The zero-order chi connectivity index (χ0) is 22.0. The predicted molar refractivity (Wildman–Crippen MR) is 125 cm³/mol. The minimum atomic E-state index is -0.0298. The highest BCUT2D eigenvalue weighted by Crippen LogP contribution is 2.26. The van der Waals surface area contributed by atoms with Crippen LogP contribution in [-0.4, -0.2) is 47.0 Å². The molecule has 5 nitrogen and oxygen atoms in total. The van der Waals surface area contributed by atoms with Crippen molar-refractivity contribution in [3.63, 3.8) is 0 Å². The van der Waals surface area contributed by atoms with Crippen molar-refractivity contribution in [2.75, 3.05) is 31.1 Å². The molecule has 0 aliphatic carbocycles. The minimum Gasteiger partial charge on any atom is -0.353 e. The van der Waals surface area contributed by atoms with E-state index in [0.29, 0.717) is 41.8 Å². The van der Waals surface area contributed by atoms with Crippen molar-refractivity contribution in [3.8, 4) is 0 Å². The predicted octanol–water partition coefficient (Wildman–Crippen LogP) is 4.95. The number of halogens is 2. The van der Waals surface area contributed by atoms with E-state index >= 15 is 0 Å². The number of rotatable bonds is 4. The molecule has 1 aliphatic rings. The first-order valence-electron chi connectivity index (χ1n) is 10.3. The lowest BCUT2D eigenvalue weighted by Gasteiger charge is -2.36. The molecule has 2 aromatic carbocycles. The quantitative estimate of drug-likeness (QED) is 0.559. The topological polar surface area (TPSA) is 49.3 Å². The lowest BCUT2D eigenvalue weighted by Crippen LogP contribution is -2.49. The molecule has 0 spiro atoms. The molecule has 0 N–H and O–H groups in total. The van der Waals surface area contributed by atoms with Crippen LogP contribution < -0.4 is 4.90 Å². The summed E-state index contributed by atoms with van der Waals surface area (Å²) < 4.78 is 0. The van der Waals surface area contributed by atoms with E-state index in [0.717, 1.165) is 29.3 Å². The molecule has 31 heavy (non-hydrogen) atoms. The van der Waals surface area contributed by atoms with Crippen LogP contribution in [0.15, 0.2) is 48.5 Å². The number of anilines is 1. The Morgan fingerprint density at radius 1 is 0.935 bits per heavy atom. The normalized spacial score (nSPS) is 14.1. The number of nitrogens with zero attached hydrogens (tertiary/aromatic N) is 4.